The highest BCUT2D eigenvalue weighted by molar-refractivity contribution is 7.88. The van der Waals surface area contributed by atoms with E-state index in [1.165, 1.54) is 24.6 Å². The molecular formula is C10H17F6N3O6S2. The van der Waals surface area contributed by atoms with Gasteiger partial charge < -0.3 is 14.2 Å². The fourth-order valence-corrected chi connectivity index (χ4v) is 2.31. The zero-order chi connectivity index (χ0) is 21.8. The van der Waals surface area contributed by atoms with Crippen LogP contribution in [0.1, 0.15) is 13.8 Å². The fraction of sp³-hybridized carbons (Fsp3) is 0.900. The number of rotatable bonds is 5. The molecule has 0 radical (unpaired) electrons. The minimum absolute atomic E-state index is 0.664. The summed E-state index contributed by atoms with van der Waals surface area (Å²) in [7, 11) is -8.45. The largest absolute Gasteiger partial charge is 0.521 e. The Morgan fingerprint density at radius 3 is 1.56 bits per heavy atom. The van der Waals surface area contributed by atoms with Gasteiger partial charge in [0.05, 0.1) is 20.0 Å². The molecule has 0 bridgehead atoms. The lowest BCUT2D eigenvalue weighted by molar-refractivity contribution is -0.488. The summed E-state index contributed by atoms with van der Waals surface area (Å²) in [6, 6.07) is 0. The van der Waals surface area contributed by atoms with Gasteiger partial charge in [-0.3, -0.25) is 9.48 Å². The minimum atomic E-state index is -6.39. The molecule has 0 fully saturated rings. The first-order valence-corrected chi connectivity index (χ1v) is 9.64. The van der Waals surface area contributed by atoms with Gasteiger partial charge in [-0.15, -0.1) is 0 Å². The topological polar surface area (TPSA) is 107 Å². The van der Waals surface area contributed by atoms with Gasteiger partial charge in [0.2, 0.25) is 5.84 Å². The molecule has 0 aromatic carbocycles. The Labute approximate surface area is 151 Å². The van der Waals surface area contributed by atoms with Crippen LogP contribution in [0.4, 0.5) is 26.3 Å². The molecule has 9 nitrogen and oxygen atoms in total. The maximum absolute atomic E-state index is 11.5. The van der Waals surface area contributed by atoms with E-state index in [4.69, 9.17) is 0 Å². The van der Waals surface area contributed by atoms with Crippen LogP contribution in [-0.2, 0) is 28.8 Å². The van der Waals surface area contributed by atoms with Gasteiger partial charge in [0, 0.05) is 0 Å². The van der Waals surface area contributed by atoms with Crippen molar-refractivity contribution in [1.29, 1.82) is 0 Å². The molecule has 1 aliphatic rings. The molecule has 27 heavy (non-hydrogen) atoms. The van der Waals surface area contributed by atoms with E-state index < -0.39 is 31.3 Å². The Morgan fingerprint density at radius 2 is 1.37 bits per heavy atom. The van der Waals surface area contributed by atoms with Crippen LogP contribution in [0.25, 0.3) is 5.64 Å². The van der Waals surface area contributed by atoms with Crippen molar-refractivity contribution >= 4 is 26.1 Å². The Hall–Kier alpha value is -1.17. The molecule has 0 atom stereocenters. The number of likely N-dealkylation sites (N-methyl/N-ethyl adjacent to an activating group) is 2. The summed E-state index contributed by atoms with van der Waals surface area (Å²) in [6.45, 7) is 6.86. The van der Waals surface area contributed by atoms with Gasteiger partial charge in [-0.2, -0.15) is 43.2 Å². The molecule has 0 amide bonds. The number of halogens is 6. The quantitative estimate of drug-likeness (QED) is 0.269. The van der Waals surface area contributed by atoms with E-state index in [0.717, 1.165) is 0 Å². The van der Waals surface area contributed by atoms with E-state index in [0.29, 0.717) is 5.92 Å². The van der Waals surface area contributed by atoms with Crippen molar-refractivity contribution < 1.29 is 56.3 Å². The molecule has 0 aliphatic carbocycles. The third kappa shape index (κ3) is 7.40. The standard InChI is InChI=1S/C8H17N2.C2F6NO6S2/c1-7(2)8-9(3)5-6-10(8)4;3-1(4,5)16(10,11)14-9-15-17(12,13)2(6,7)8/h7H,5-6H2,1-4H3;/q+1;-1. The van der Waals surface area contributed by atoms with Crippen LogP contribution in [-0.4, -0.2) is 70.3 Å². The summed E-state index contributed by atoms with van der Waals surface area (Å²) in [4.78, 5) is 2.34. The Morgan fingerprint density at radius 1 is 1.00 bits per heavy atom. The second-order valence-corrected chi connectivity index (χ2v) is 8.42. The molecule has 0 saturated heterocycles. The summed E-state index contributed by atoms with van der Waals surface area (Å²) in [5, 5.41) is 0. The molecule has 1 rings (SSSR count). The first-order chi connectivity index (χ1) is 11.8. The van der Waals surface area contributed by atoms with Crippen molar-refractivity contribution in [2.24, 2.45) is 5.92 Å². The monoisotopic (exact) mass is 453 g/mol. The van der Waals surface area contributed by atoms with Crippen molar-refractivity contribution in [3.8, 4) is 0 Å². The van der Waals surface area contributed by atoms with E-state index in [1.54, 1.807) is 0 Å². The van der Waals surface area contributed by atoms with Gasteiger partial charge in [-0.05, 0) is 0 Å². The second-order valence-electron chi connectivity index (χ2n) is 5.38. The SMILES string of the molecule is CC(C)C1=[N+](C)CCN1C.O=S(=O)(O[N-]OS(=O)(=O)C(F)(F)F)C(F)(F)F. The van der Waals surface area contributed by atoms with Crippen molar-refractivity contribution in [2.45, 2.75) is 24.9 Å². The van der Waals surface area contributed by atoms with Crippen molar-refractivity contribution in [1.82, 2.24) is 4.90 Å². The zero-order valence-corrected chi connectivity index (χ0v) is 16.0. The number of hydrogen-bond donors (Lipinski definition) is 0. The van der Waals surface area contributed by atoms with Gasteiger partial charge in [0.25, 0.3) is 0 Å². The average Bonchev–Trinajstić information content (AvgIpc) is 2.75. The molecule has 0 saturated carbocycles. The number of nitrogens with zero attached hydrogens (tertiary/aromatic N) is 3. The number of hydrogen-bond acceptors (Lipinski definition) is 7. The van der Waals surface area contributed by atoms with Gasteiger partial charge in [-0.25, -0.2) is 0 Å². The summed E-state index contributed by atoms with van der Waals surface area (Å²) >= 11 is 0. The molecule has 1 aliphatic heterocycles. The highest BCUT2D eigenvalue weighted by Gasteiger charge is 2.47. The molecule has 0 spiro atoms. The van der Waals surface area contributed by atoms with Gasteiger partial charge in [0.15, 0.2) is 0 Å². The third-order valence-corrected chi connectivity index (χ3v) is 4.54. The maximum atomic E-state index is 11.5. The molecule has 1 heterocycles. The van der Waals surface area contributed by atoms with Crippen LogP contribution in [0, 0.1) is 5.92 Å². The summed E-state index contributed by atoms with van der Waals surface area (Å²) < 4.78 is 116. The van der Waals surface area contributed by atoms with Crippen LogP contribution in [0.3, 0.4) is 0 Å². The van der Waals surface area contributed by atoms with Crippen LogP contribution in [0.5, 0.6) is 0 Å². The van der Waals surface area contributed by atoms with Crippen LogP contribution in [0.15, 0.2) is 0 Å². The molecule has 0 unspecified atom stereocenters. The lowest BCUT2D eigenvalue weighted by Gasteiger charge is -2.21. The first-order valence-electron chi connectivity index (χ1n) is 6.82. The van der Waals surface area contributed by atoms with Crippen LogP contribution < -0.4 is 0 Å². The van der Waals surface area contributed by atoms with E-state index in [2.05, 4.69) is 46.0 Å². The predicted molar refractivity (Wildman–Crippen MR) is 79.0 cm³/mol. The average molecular weight is 453 g/mol. The van der Waals surface area contributed by atoms with E-state index in [9.17, 15) is 43.2 Å². The van der Waals surface area contributed by atoms with Crippen LogP contribution >= 0.6 is 0 Å². The highest BCUT2D eigenvalue weighted by atomic mass is 32.2. The van der Waals surface area contributed by atoms with Crippen LogP contribution in [0.2, 0.25) is 0 Å². The Kier molecular flexibility index (Phi) is 8.50. The lowest BCUT2D eigenvalue weighted by atomic mass is 10.2. The summed E-state index contributed by atoms with van der Waals surface area (Å²) in [6.07, 6.45) is 0. The molecule has 0 N–H and O–H groups in total. The van der Waals surface area contributed by atoms with Crippen molar-refractivity contribution in [2.75, 3.05) is 27.2 Å². The third-order valence-electron chi connectivity index (χ3n) is 2.89. The fourth-order valence-electron chi connectivity index (χ4n) is 1.88. The van der Waals surface area contributed by atoms with Crippen molar-refractivity contribution in [3.05, 3.63) is 5.64 Å². The Balaban J connectivity index is 0.000000569. The van der Waals surface area contributed by atoms with Gasteiger partial charge >= 0.3 is 31.3 Å². The summed E-state index contributed by atoms with van der Waals surface area (Å²) in [5.41, 5.74) is -10.8. The molecule has 162 valence electrons. The molecular weight excluding hydrogens is 436 g/mol. The number of amidine groups is 1. The maximum Gasteiger partial charge on any atom is 0.521 e. The van der Waals surface area contributed by atoms with Crippen molar-refractivity contribution in [3.63, 3.8) is 0 Å². The molecule has 0 aromatic heterocycles. The summed E-state index contributed by atoms with van der Waals surface area (Å²) in [5.74, 6) is 2.14. The van der Waals surface area contributed by atoms with Gasteiger partial charge in [0.1, 0.15) is 13.1 Å². The van der Waals surface area contributed by atoms with Gasteiger partial charge in [-0.1, -0.05) is 13.8 Å². The van der Waals surface area contributed by atoms with E-state index in [-0.39, 0.29) is 0 Å². The zero-order valence-electron chi connectivity index (χ0n) is 14.4. The highest BCUT2D eigenvalue weighted by Crippen LogP contribution is 2.29. The number of alkyl halides is 6. The lowest BCUT2D eigenvalue weighted by Crippen LogP contribution is -2.29. The molecule has 0 aromatic rings. The van der Waals surface area contributed by atoms with E-state index >= 15 is 0 Å². The predicted octanol–water partition coefficient (Wildman–Crippen LogP) is 1.55. The van der Waals surface area contributed by atoms with E-state index in [1.807, 2.05) is 0 Å². The smallest absolute Gasteiger partial charge is 0.370 e. The Bertz CT molecular complexity index is 700. The molecule has 17 heteroatoms. The minimum Gasteiger partial charge on any atom is -0.370 e. The normalized spacial score (nSPS) is 16.6. The first kappa shape index (κ1) is 25.8. The second kappa shape index (κ2) is 8.89.